The van der Waals surface area contributed by atoms with Crippen molar-refractivity contribution in [2.75, 3.05) is 0 Å². The SMILES string of the molecule is Cc1cc(S(=O)(=O)Oc2ccc3ccn(C)c3c2)cc(C)c1C. The van der Waals surface area contributed by atoms with Crippen LogP contribution >= 0.6 is 0 Å². The Bertz CT molecular complexity index is 977. The van der Waals surface area contributed by atoms with Crippen molar-refractivity contribution < 1.29 is 12.6 Å². The first-order chi connectivity index (χ1) is 10.8. The standard InChI is InChI=1S/C18H19NO3S/c1-12-9-17(10-13(2)14(12)3)23(20,21)22-16-6-5-15-7-8-19(4)18(15)11-16/h5-11H,1-4H3. The van der Waals surface area contributed by atoms with Crippen LogP contribution in [0.1, 0.15) is 16.7 Å². The van der Waals surface area contributed by atoms with Gasteiger partial charge in [-0.1, -0.05) is 0 Å². The summed E-state index contributed by atoms with van der Waals surface area (Å²) < 4.78 is 32.3. The number of aromatic nitrogens is 1. The van der Waals surface area contributed by atoms with Crippen molar-refractivity contribution in [1.82, 2.24) is 4.57 Å². The Kier molecular flexibility index (Phi) is 3.68. The molecule has 1 heterocycles. The molecular formula is C18H19NO3S. The van der Waals surface area contributed by atoms with Gasteiger partial charge in [0.2, 0.25) is 0 Å². The van der Waals surface area contributed by atoms with Crippen LogP contribution in [0.15, 0.2) is 47.5 Å². The van der Waals surface area contributed by atoms with E-state index < -0.39 is 10.1 Å². The third kappa shape index (κ3) is 2.84. The van der Waals surface area contributed by atoms with Gasteiger partial charge in [-0.25, -0.2) is 0 Å². The van der Waals surface area contributed by atoms with Crippen molar-refractivity contribution in [2.24, 2.45) is 7.05 Å². The summed E-state index contributed by atoms with van der Waals surface area (Å²) in [5, 5.41) is 1.04. The molecule has 23 heavy (non-hydrogen) atoms. The molecule has 0 aliphatic heterocycles. The lowest BCUT2D eigenvalue weighted by atomic mass is 10.1. The smallest absolute Gasteiger partial charge is 0.339 e. The predicted octanol–water partition coefficient (Wildman–Crippen LogP) is 3.87. The predicted molar refractivity (Wildman–Crippen MR) is 91.4 cm³/mol. The average Bonchev–Trinajstić information content (AvgIpc) is 2.85. The highest BCUT2D eigenvalue weighted by Gasteiger charge is 2.19. The molecule has 3 aromatic rings. The van der Waals surface area contributed by atoms with Gasteiger partial charge in [-0.05, 0) is 73.2 Å². The second-order valence-electron chi connectivity index (χ2n) is 5.87. The minimum atomic E-state index is -3.85. The van der Waals surface area contributed by atoms with Crippen molar-refractivity contribution >= 4 is 21.0 Å². The van der Waals surface area contributed by atoms with Crippen molar-refractivity contribution in [3.8, 4) is 5.75 Å². The molecule has 0 saturated heterocycles. The number of rotatable bonds is 3. The molecule has 0 spiro atoms. The van der Waals surface area contributed by atoms with E-state index in [-0.39, 0.29) is 4.90 Å². The quantitative estimate of drug-likeness (QED) is 0.685. The minimum absolute atomic E-state index is 0.185. The Labute approximate surface area is 136 Å². The van der Waals surface area contributed by atoms with Gasteiger partial charge >= 0.3 is 10.1 Å². The summed E-state index contributed by atoms with van der Waals surface area (Å²) in [6.45, 7) is 5.78. The summed E-state index contributed by atoms with van der Waals surface area (Å²) in [7, 11) is -1.94. The van der Waals surface area contributed by atoms with Gasteiger partial charge in [-0.2, -0.15) is 8.42 Å². The number of benzene rings is 2. The topological polar surface area (TPSA) is 48.3 Å². The van der Waals surface area contributed by atoms with Crippen molar-refractivity contribution in [2.45, 2.75) is 25.7 Å². The van der Waals surface area contributed by atoms with Crippen LogP contribution in [0.2, 0.25) is 0 Å². The summed E-state index contributed by atoms with van der Waals surface area (Å²) >= 11 is 0. The lowest BCUT2D eigenvalue weighted by Crippen LogP contribution is -2.10. The first-order valence-corrected chi connectivity index (χ1v) is 8.76. The summed E-state index contributed by atoms with van der Waals surface area (Å²) in [6.07, 6.45) is 1.93. The Balaban J connectivity index is 2.01. The maximum Gasteiger partial charge on any atom is 0.339 e. The molecule has 3 rings (SSSR count). The van der Waals surface area contributed by atoms with E-state index in [1.165, 1.54) is 0 Å². The van der Waals surface area contributed by atoms with E-state index in [4.69, 9.17) is 4.18 Å². The van der Waals surface area contributed by atoms with Crippen LogP contribution in [0.25, 0.3) is 10.9 Å². The molecule has 4 nitrogen and oxygen atoms in total. The number of nitrogens with zero attached hydrogens (tertiary/aromatic N) is 1. The van der Waals surface area contributed by atoms with Crippen LogP contribution in [0.4, 0.5) is 0 Å². The Morgan fingerprint density at radius 3 is 2.26 bits per heavy atom. The van der Waals surface area contributed by atoms with E-state index in [2.05, 4.69) is 0 Å². The summed E-state index contributed by atoms with van der Waals surface area (Å²) in [5.74, 6) is 0.315. The fourth-order valence-electron chi connectivity index (χ4n) is 2.61. The van der Waals surface area contributed by atoms with Gasteiger partial charge in [0.15, 0.2) is 0 Å². The fraction of sp³-hybridized carbons (Fsp3) is 0.222. The van der Waals surface area contributed by atoms with Gasteiger partial charge in [0.05, 0.1) is 5.52 Å². The molecule has 2 aromatic carbocycles. The molecule has 120 valence electrons. The van der Waals surface area contributed by atoms with Gasteiger partial charge in [0.25, 0.3) is 0 Å². The zero-order valence-electron chi connectivity index (χ0n) is 13.6. The van der Waals surface area contributed by atoms with Crippen LogP contribution in [0.3, 0.4) is 0 Å². The van der Waals surface area contributed by atoms with Gasteiger partial charge in [0, 0.05) is 19.3 Å². The van der Waals surface area contributed by atoms with Crippen molar-refractivity contribution in [3.05, 3.63) is 59.3 Å². The van der Waals surface area contributed by atoms with Gasteiger partial charge < -0.3 is 8.75 Å². The van der Waals surface area contributed by atoms with Crippen molar-refractivity contribution in [3.63, 3.8) is 0 Å². The van der Waals surface area contributed by atoms with Gasteiger partial charge in [0.1, 0.15) is 10.6 Å². The third-order valence-electron chi connectivity index (χ3n) is 4.25. The van der Waals surface area contributed by atoms with Crippen LogP contribution in [0, 0.1) is 20.8 Å². The molecule has 0 aliphatic rings. The van der Waals surface area contributed by atoms with E-state index >= 15 is 0 Å². The maximum atomic E-state index is 12.5. The number of aryl methyl sites for hydroxylation is 3. The lowest BCUT2D eigenvalue weighted by molar-refractivity contribution is 0.486. The molecule has 0 saturated carbocycles. The monoisotopic (exact) mass is 329 g/mol. The van der Waals surface area contributed by atoms with Crippen LogP contribution in [-0.4, -0.2) is 13.0 Å². The molecule has 0 N–H and O–H groups in total. The minimum Gasteiger partial charge on any atom is -0.379 e. The molecule has 0 aliphatic carbocycles. The van der Waals surface area contributed by atoms with Crippen molar-refractivity contribution in [1.29, 1.82) is 0 Å². The Morgan fingerprint density at radius 1 is 0.957 bits per heavy atom. The molecule has 0 unspecified atom stereocenters. The van der Waals surface area contributed by atoms with E-state index in [9.17, 15) is 8.42 Å². The zero-order valence-corrected chi connectivity index (χ0v) is 14.4. The number of hydrogen-bond donors (Lipinski definition) is 0. The lowest BCUT2D eigenvalue weighted by Gasteiger charge is -2.11. The van der Waals surface area contributed by atoms with Gasteiger partial charge in [-0.15, -0.1) is 0 Å². The second kappa shape index (κ2) is 5.42. The molecule has 0 amide bonds. The van der Waals surface area contributed by atoms with E-state index in [0.29, 0.717) is 5.75 Å². The highest BCUT2D eigenvalue weighted by molar-refractivity contribution is 7.87. The number of fused-ring (bicyclic) bond motifs is 1. The highest BCUT2D eigenvalue weighted by atomic mass is 32.2. The van der Waals surface area contributed by atoms with Crippen LogP contribution < -0.4 is 4.18 Å². The maximum absolute atomic E-state index is 12.5. The summed E-state index contributed by atoms with van der Waals surface area (Å²) in [5.41, 5.74) is 3.89. The van der Waals surface area contributed by atoms with E-state index in [1.807, 2.05) is 50.7 Å². The summed E-state index contributed by atoms with van der Waals surface area (Å²) in [4.78, 5) is 0.185. The molecule has 1 aromatic heterocycles. The number of hydrogen-bond acceptors (Lipinski definition) is 3. The molecule has 0 atom stereocenters. The molecular weight excluding hydrogens is 310 g/mol. The highest BCUT2D eigenvalue weighted by Crippen LogP contribution is 2.26. The molecule has 0 bridgehead atoms. The first-order valence-electron chi connectivity index (χ1n) is 7.35. The second-order valence-corrected chi connectivity index (χ2v) is 7.41. The largest absolute Gasteiger partial charge is 0.379 e. The molecule has 5 heteroatoms. The van der Waals surface area contributed by atoms with E-state index in [1.54, 1.807) is 24.3 Å². The Morgan fingerprint density at radius 2 is 1.61 bits per heavy atom. The normalized spacial score (nSPS) is 11.8. The molecule has 0 fully saturated rings. The van der Waals surface area contributed by atoms with Gasteiger partial charge in [-0.3, -0.25) is 0 Å². The first kappa shape index (κ1) is 15.6. The molecule has 0 radical (unpaired) electrons. The third-order valence-corrected chi connectivity index (χ3v) is 5.48. The van der Waals surface area contributed by atoms with Crippen LogP contribution in [0.5, 0.6) is 5.75 Å². The fourth-order valence-corrected chi connectivity index (χ4v) is 3.70. The zero-order chi connectivity index (χ0) is 16.8. The Hall–Kier alpha value is -2.27. The summed E-state index contributed by atoms with van der Waals surface area (Å²) in [6, 6.07) is 10.5. The average molecular weight is 329 g/mol. The van der Waals surface area contributed by atoms with E-state index in [0.717, 1.165) is 27.6 Å². The van der Waals surface area contributed by atoms with Crippen LogP contribution in [-0.2, 0) is 17.2 Å².